The van der Waals surface area contributed by atoms with Gasteiger partial charge in [-0.25, -0.2) is 4.39 Å². The Bertz CT molecular complexity index is 769. The molecule has 0 amide bonds. The molecule has 0 bridgehead atoms. The van der Waals surface area contributed by atoms with Crippen molar-refractivity contribution in [1.29, 1.82) is 0 Å². The van der Waals surface area contributed by atoms with Gasteiger partial charge in [-0.3, -0.25) is 4.79 Å². The minimum atomic E-state index is -0.341. The first-order chi connectivity index (χ1) is 11.2. The summed E-state index contributed by atoms with van der Waals surface area (Å²) in [5, 5.41) is 8.39. The maximum Gasteiger partial charge on any atom is 0.276 e. The number of nitrogens with one attached hydrogen (secondary N) is 1. The van der Waals surface area contributed by atoms with Gasteiger partial charge < -0.3 is 9.40 Å². The van der Waals surface area contributed by atoms with Gasteiger partial charge in [0.2, 0.25) is 0 Å². The maximum atomic E-state index is 12.8. The van der Waals surface area contributed by atoms with Gasteiger partial charge in [0.05, 0.1) is 0 Å². The van der Waals surface area contributed by atoms with Gasteiger partial charge in [-0.2, -0.15) is 0 Å². The highest BCUT2D eigenvalue weighted by atomic mass is 32.2. The average Bonchev–Trinajstić information content (AvgIpc) is 3.23. The molecule has 0 aliphatic carbocycles. The summed E-state index contributed by atoms with van der Waals surface area (Å²) in [5.74, 6) is 0.800. The number of halogens is 1. The number of Topliss-reactive ketones (excluding diaryl/α,β-unsaturated/α-hetero) is 1. The zero-order valence-electron chi connectivity index (χ0n) is 12.2. The van der Waals surface area contributed by atoms with Crippen LogP contribution >= 0.6 is 11.8 Å². The van der Waals surface area contributed by atoms with E-state index in [2.05, 4.69) is 15.2 Å². The standard InChI is InChI=1S/C16H14FN3O2S/c17-12-7-5-11(6-8-12)14(21)4-2-10-23-16-20-19-15(22-16)13-3-1-9-18-13/h1,3,5-9,18H,2,4,10H2. The number of carbonyl (C=O) groups excluding carboxylic acids is 1. The van der Waals surface area contributed by atoms with Crippen molar-refractivity contribution in [2.45, 2.75) is 18.1 Å². The molecule has 7 heteroatoms. The molecular weight excluding hydrogens is 317 g/mol. The molecule has 2 heterocycles. The van der Waals surface area contributed by atoms with Crippen LogP contribution in [0.3, 0.4) is 0 Å². The Morgan fingerprint density at radius 1 is 1.22 bits per heavy atom. The fraction of sp³-hybridized carbons (Fsp3) is 0.188. The number of rotatable bonds is 7. The Morgan fingerprint density at radius 2 is 2.04 bits per heavy atom. The molecule has 0 radical (unpaired) electrons. The minimum Gasteiger partial charge on any atom is -0.410 e. The molecule has 0 atom stereocenters. The van der Waals surface area contributed by atoms with Crippen molar-refractivity contribution in [2.24, 2.45) is 0 Å². The number of aromatic nitrogens is 3. The number of nitrogens with zero attached hydrogens (tertiary/aromatic N) is 2. The van der Waals surface area contributed by atoms with Gasteiger partial charge in [0.25, 0.3) is 11.1 Å². The van der Waals surface area contributed by atoms with Crippen LogP contribution in [-0.2, 0) is 0 Å². The third-order valence-corrected chi connectivity index (χ3v) is 4.08. The van der Waals surface area contributed by atoms with E-state index in [-0.39, 0.29) is 11.6 Å². The van der Waals surface area contributed by atoms with Gasteiger partial charge in [-0.1, -0.05) is 11.8 Å². The first kappa shape index (κ1) is 15.5. The summed E-state index contributed by atoms with van der Waals surface area (Å²) in [6.07, 6.45) is 2.87. The SMILES string of the molecule is O=C(CCCSc1nnc(-c2ccc[nH]2)o1)c1ccc(F)cc1. The molecule has 0 aliphatic rings. The van der Waals surface area contributed by atoms with Gasteiger partial charge in [0.15, 0.2) is 5.78 Å². The van der Waals surface area contributed by atoms with E-state index in [9.17, 15) is 9.18 Å². The smallest absolute Gasteiger partial charge is 0.276 e. The van der Waals surface area contributed by atoms with Crippen LogP contribution in [0, 0.1) is 5.82 Å². The topological polar surface area (TPSA) is 71.8 Å². The summed E-state index contributed by atoms with van der Waals surface area (Å²) in [6.45, 7) is 0. The van der Waals surface area contributed by atoms with Gasteiger partial charge >= 0.3 is 0 Å². The monoisotopic (exact) mass is 331 g/mol. The van der Waals surface area contributed by atoms with Crippen molar-refractivity contribution in [3.05, 3.63) is 54.0 Å². The minimum absolute atomic E-state index is 0.00297. The number of thioether (sulfide) groups is 1. The van der Waals surface area contributed by atoms with E-state index in [0.717, 1.165) is 5.69 Å². The molecule has 3 aromatic rings. The lowest BCUT2D eigenvalue weighted by Gasteiger charge is -2.00. The Morgan fingerprint density at radius 3 is 2.78 bits per heavy atom. The van der Waals surface area contributed by atoms with Crippen molar-refractivity contribution in [3.63, 3.8) is 0 Å². The maximum absolute atomic E-state index is 12.8. The molecule has 2 aromatic heterocycles. The highest BCUT2D eigenvalue weighted by Crippen LogP contribution is 2.22. The van der Waals surface area contributed by atoms with Crippen LogP contribution in [0.2, 0.25) is 0 Å². The van der Waals surface area contributed by atoms with E-state index in [4.69, 9.17) is 4.42 Å². The number of aromatic amines is 1. The summed E-state index contributed by atoms with van der Waals surface area (Å²) >= 11 is 1.41. The molecule has 118 valence electrons. The van der Waals surface area contributed by atoms with Gasteiger partial charge in [0, 0.05) is 23.9 Å². The summed E-state index contributed by atoms with van der Waals surface area (Å²) in [7, 11) is 0. The second-order valence-electron chi connectivity index (χ2n) is 4.84. The zero-order chi connectivity index (χ0) is 16.1. The number of benzene rings is 1. The van der Waals surface area contributed by atoms with Gasteiger partial charge in [0.1, 0.15) is 11.5 Å². The van der Waals surface area contributed by atoms with Crippen LogP contribution < -0.4 is 0 Å². The molecule has 0 aliphatic heterocycles. The molecule has 0 fully saturated rings. The molecule has 0 saturated carbocycles. The number of H-pyrrole nitrogens is 1. The van der Waals surface area contributed by atoms with E-state index >= 15 is 0 Å². The number of hydrogen-bond donors (Lipinski definition) is 1. The van der Waals surface area contributed by atoms with Crippen LogP contribution in [-0.4, -0.2) is 26.7 Å². The van der Waals surface area contributed by atoms with E-state index < -0.39 is 0 Å². The largest absolute Gasteiger partial charge is 0.410 e. The summed E-state index contributed by atoms with van der Waals surface area (Å²) < 4.78 is 18.3. The van der Waals surface area contributed by atoms with Crippen LogP contribution in [0.25, 0.3) is 11.6 Å². The lowest BCUT2D eigenvalue weighted by atomic mass is 10.1. The van der Waals surface area contributed by atoms with Crippen molar-refractivity contribution in [1.82, 2.24) is 15.2 Å². The van der Waals surface area contributed by atoms with E-state index in [1.54, 1.807) is 6.20 Å². The first-order valence-electron chi connectivity index (χ1n) is 7.11. The Kier molecular flexibility index (Phi) is 4.87. The molecule has 3 rings (SSSR count). The molecule has 1 aromatic carbocycles. The fourth-order valence-electron chi connectivity index (χ4n) is 2.01. The molecule has 0 saturated heterocycles. The van der Waals surface area contributed by atoms with Crippen LogP contribution in [0.4, 0.5) is 4.39 Å². The highest BCUT2D eigenvalue weighted by Gasteiger charge is 2.10. The Balaban J connectivity index is 1.45. The molecule has 23 heavy (non-hydrogen) atoms. The second kappa shape index (κ2) is 7.23. The van der Waals surface area contributed by atoms with Crippen molar-refractivity contribution in [3.8, 4) is 11.6 Å². The van der Waals surface area contributed by atoms with E-state index in [0.29, 0.717) is 35.3 Å². The van der Waals surface area contributed by atoms with E-state index in [1.165, 1.54) is 36.0 Å². The van der Waals surface area contributed by atoms with Crippen molar-refractivity contribution < 1.29 is 13.6 Å². The third kappa shape index (κ3) is 4.07. The summed E-state index contributed by atoms with van der Waals surface area (Å²) in [6, 6.07) is 9.30. The molecule has 0 spiro atoms. The number of ketones is 1. The Labute approximate surface area is 136 Å². The van der Waals surface area contributed by atoms with Gasteiger partial charge in [-0.15, -0.1) is 10.2 Å². The lowest BCUT2D eigenvalue weighted by Crippen LogP contribution is -1.99. The Hall–Kier alpha value is -2.41. The predicted octanol–water partition coefficient (Wildman–Crippen LogP) is 3.96. The van der Waals surface area contributed by atoms with Crippen molar-refractivity contribution in [2.75, 3.05) is 5.75 Å². The number of hydrogen-bond acceptors (Lipinski definition) is 5. The molecule has 0 unspecified atom stereocenters. The lowest BCUT2D eigenvalue weighted by molar-refractivity contribution is 0.0982. The predicted molar refractivity (Wildman–Crippen MR) is 84.8 cm³/mol. The second-order valence-corrected chi connectivity index (χ2v) is 5.89. The van der Waals surface area contributed by atoms with E-state index in [1.807, 2.05) is 12.1 Å². The number of carbonyl (C=O) groups is 1. The highest BCUT2D eigenvalue weighted by molar-refractivity contribution is 7.99. The van der Waals surface area contributed by atoms with Crippen LogP contribution in [0.1, 0.15) is 23.2 Å². The van der Waals surface area contributed by atoms with Gasteiger partial charge in [-0.05, 0) is 42.8 Å². The molecular formula is C16H14FN3O2S. The van der Waals surface area contributed by atoms with Crippen molar-refractivity contribution >= 4 is 17.5 Å². The summed E-state index contributed by atoms with van der Waals surface area (Å²) in [4.78, 5) is 14.9. The van der Waals surface area contributed by atoms with Crippen LogP contribution in [0.5, 0.6) is 0 Å². The quantitative estimate of drug-likeness (QED) is 0.403. The van der Waals surface area contributed by atoms with Crippen LogP contribution in [0.15, 0.2) is 52.2 Å². The summed E-state index contributed by atoms with van der Waals surface area (Å²) in [5.41, 5.74) is 1.30. The zero-order valence-corrected chi connectivity index (χ0v) is 13.0. The average molecular weight is 331 g/mol. The molecule has 1 N–H and O–H groups in total. The first-order valence-corrected chi connectivity index (χ1v) is 8.10. The molecule has 5 nitrogen and oxygen atoms in total. The third-order valence-electron chi connectivity index (χ3n) is 3.17. The fourth-order valence-corrected chi connectivity index (χ4v) is 2.71. The normalized spacial score (nSPS) is 10.8.